The Bertz CT molecular complexity index is 949. The third-order valence-electron chi connectivity index (χ3n) is 5.67. The summed E-state index contributed by atoms with van der Waals surface area (Å²) in [5, 5.41) is 2.95. The van der Waals surface area contributed by atoms with Crippen LogP contribution < -0.4 is 10.2 Å². The van der Waals surface area contributed by atoms with Gasteiger partial charge in [0.05, 0.1) is 30.2 Å². The van der Waals surface area contributed by atoms with Crippen LogP contribution >= 0.6 is 0 Å². The highest BCUT2D eigenvalue weighted by Crippen LogP contribution is 2.27. The number of carbonyl (C=O) groups is 2. The van der Waals surface area contributed by atoms with E-state index in [4.69, 9.17) is 4.98 Å². The first kappa shape index (κ1) is 19.4. The van der Waals surface area contributed by atoms with Crippen LogP contribution in [-0.4, -0.2) is 46.3 Å². The molecule has 1 fully saturated rings. The molecule has 2 aliphatic rings. The molecule has 7 nitrogen and oxygen atoms in total. The van der Waals surface area contributed by atoms with Gasteiger partial charge in [-0.1, -0.05) is 6.07 Å². The van der Waals surface area contributed by atoms with E-state index in [-0.39, 0.29) is 18.4 Å². The Balaban J connectivity index is 1.48. The number of hydrogen-bond acceptors (Lipinski definition) is 5. The molecule has 4 heterocycles. The number of pyridine rings is 2. The van der Waals surface area contributed by atoms with Crippen molar-refractivity contribution in [1.29, 1.82) is 0 Å². The van der Waals surface area contributed by atoms with E-state index in [9.17, 15) is 9.59 Å². The summed E-state index contributed by atoms with van der Waals surface area (Å²) in [7, 11) is 0. The van der Waals surface area contributed by atoms with Crippen LogP contribution in [0.1, 0.15) is 40.9 Å². The molecule has 2 aliphatic heterocycles. The number of amides is 2. The largest absolute Gasteiger partial charge is 0.350 e. The minimum Gasteiger partial charge on any atom is -0.350 e. The summed E-state index contributed by atoms with van der Waals surface area (Å²) in [6.07, 6.45) is 4.23. The summed E-state index contributed by atoms with van der Waals surface area (Å²) in [5.41, 5.74) is 6.09. The van der Waals surface area contributed by atoms with Crippen molar-refractivity contribution >= 4 is 23.3 Å². The van der Waals surface area contributed by atoms with E-state index in [0.717, 1.165) is 54.4 Å². The van der Waals surface area contributed by atoms with E-state index in [1.807, 2.05) is 26.1 Å². The van der Waals surface area contributed by atoms with Gasteiger partial charge in [0.15, 0.2) is 0 Å². The molecule has 2 amide bonds. The summed E-state index contributed by atoms with van der Waals surface area (Å²) >= 11 is 0. The minimum atomic E-state index is -0.174. The predicted molar refractivity (Wildman–Crippen MR) is 112 cm³/mol. The maximum Gasteiger partial charge on any atom is 0.244 e. The van der Waals surface area contributed by atoms with Crippen molar-refractivity contribution in [3.63, 3.8) is 0 Å². The van der Waals surface area contributed by atoms with Crippen LogP contribution in [0.3, 0.4) is 0 Å². The van der Waals surface area contributed by atoms with Gasteiger partial charge in [0.25, 0.3) is 0 Å². The van der Waals surface area contributed by atoms with Crippen LogP contribution in [0.2, 0.25) is 0 Å². The number of anilines is 2. The Morgan fingerprint density at radius 1 is 1.17 bits per heavy atom. The first-order chi connectivity index (χ1) is 13.9. The minimum absolute atomic E-state index is 0.0521. The fourth-order valence-electron chi connectivity index (χ4n) is 4.11. The van der Waals surface area contributed by atoms with Crippen molar-refractivity contribution in [2.75, 3.05) is 29.9 Å². The maximum absolute atomic E-state index is 12.4. The summed E-state index contributed by atoms with van der Waals surface area (Å²) in [6.45, 7) is 8.36. The molecule has 1 saturated heterocycles. The molecule has 29 heavy (non-hydrogen) atoms. The molecular formula is C22H27N5O2. The Morgan fingerprint density at radius 2 is 2.00 bits per heavy atom. The van der Waals surface area contributed by atoms with E-state index in [1.54, 1.807) is 4.90 Å². The normalized spacial score (nSPS) is 16.2. The molecule has 0 aliphatic carbocycles. The van der Waals surface area contributed by atoms with Gasteiger partial charge in [0, 0.05) is 25.7 Å². The van der Waals surface area contributed by atoms with Crippen molar-refractivity contribution in [2.24, 2.45) is 0 Å². The third-order valence-corrected chi connectivity index (χ3v) is 5.67. The second-order valence-electron chi connectivity index (χ2n) is 8.01. The van der Waals surface area contributed by atoms with Crippen LogP contribution in [0.5, 0.6) is 0 Å². The highest BCUT2D eigenvalue weighted by Gasteiger charge is 2.24. The van der Waals surface area contributed by atoms with Gasteiger partial charge in [-0.15, -0.1) is 0 Å². The summed E-state index contributed by atoms with van der Waals surface area (Å²) in [5.74, 6) is 0.782. The predicted octanol–water partition coefficient (Wildman–Crippen LogP) is 2.53. The highest BCUT2D eigenvalue weighted by molar-refractivity contribution is 5.96. The van der Waals surface area contributed by atoms with Gasteiger partial charge in [-0.05, 0) is 56.4 Å². The van der Waals surface area contributed by atoms with Gasteiger partial charge in [-0.3, -0.25) is 14.6 Å². The number of rotatable bonds is 4. The number of carbonyl (C=O) groups excluding carboxylic acids is 2. The average molecular weight is 393 g/mol. The summed E-state index contributed by atoms with van der Waals surface area (Å²) in [4.78, 5) is 37.4. The van der Waals surface area contributed by atoms with E-state index in [1.165, 1.54) is 11.1 Å². The van der Waals surface area contributed by atoms with Crippen molar-refractivity contribution in [2.45, 2.75) is 46.6 Å². The van der Waals surface area contributed by atoms with Crippen LogP contribution in [0, 0.1) is 20.8 Å². The van der Waals surface area contributed by atoms with Crippen molar-refractivity contribution < 1.29 is 9.59 Å². The molecule has 0 radical (unpaired) electrons. The zero-order chi connectivity index (χ0) is 20.5. The monoisotopic (exact) mass is 393 g/mol. The molecule has 0 atom stereocenters. The number of fused-ring (bicyclic) bond motifs is 1. The fraction of sp³-hybridized carbons (Fsp3) is 0.455. The van der Waals surface area contributed by atoms with Crippen molar-refractivity contribution in [3.05, 3.63) is 46.4 Å². The van der Waals surface area contributed by atoms with Crippen LogP contribution in [-0.2, 0) is 22.6 Å². The lowest BCUT2D eigenvalue weighted by Gasteiger charge is -2.30. The van der Waals surface area contributed by atoms with Crippen LogP contribution in [0.15, 0.2) is 18.3 Å². The molecule has 7 heteroatoms. The van der Waals surface area contributed by atoms with Crippen molar-refractivity contribution in [1.82, 2.24) is 14.9 Å². The number of nitrogens with zero attached hydrogens (tertiary/aromatic N) is 4. The smallest absolute Gasteiger partial charge is 0.244 e. The Kier molecular flexibility index (Phi) is 5.22. The average Bonchev–Trinajstić information content (AvgIpc) is 3.08. The van der Waals surface area contributed by atoms with E-state index in [2.05, 4.69) is 28.2 Å². The van der Waals surface area contributed by atoms with E-state index < -0.39 is 0 Å². The summed E-state index contributed by atoms with van der Waals surface area (Å²) in [6, 6.07) is 4.23. The Morgan fingerprint density at radius 3 is 2.72 bits per heavy atom. The number of hydrogen-bond donors (Lipinski definition) is 1. The molecule has 0 spiro atoms. The molecule has 2 aromatic rings. The molecule has 152 valence electrons. The molecule has 0 bridgehead atoms. The van der Waals surface area contributed by atoms with Gasteiger partial charge in [0.1, 0.15) is 5.82 Å². The molecule has 0 unspecified atom stereocenters. The molecule has 0 aromatic carbocycles. The Labute approximate surface area is 171 Å². The fourth-order valence-corrected chi connectivity index (χ4v) is 4.11. The zero-order valence-corrected chi connectivity index (χ0v) is 17.3. The van der Waals surface area contributed by atoms with E-state index >= 15 is 0 Å². The lowest BCUT2D eigenvalue weighted by Crippen LogP contribution is -2.34. The molecular weight excluding hydrogens is 366 g/mol. The number of nitrogens with one attached hydrogen (secondary N) is 1. The molecule has 4 rings (SSSR count). The zero-order valence-electron chi connectivity index (χ0n) is 17.3. The first-order valence-corrected chi connectivity index (χ1v) is 10.2. The molecule has 0 saturated carbocycles. The standard InChI is InChI=1S/C22H27N5O2/c1-14-9-17-6-8-26(12-18(17)23-11-14)19-10-15(2)22(16(3)24-19)25-20(28)13-27-7-4-5-21(27)29/h9-11H,4-8,12-13H2,1-3H3,(H,25,28). The second kappa shape index (κ2) is 7.81. The molecule has 2 aromatic heterocycles. The Hall–Kier alpha value is -2.96. The van der Waals surface area contributed by atoms with Gasteiger partial charge >= 0.3 is 0 Å². The highest BCUT2D eigenvalue weighted by atomic mass is 16.2. The van der Waals surface area contributed by atoms with Gasteiger partial charge in [0.2, 0.25) is 11.8 Å². The van der Waals surface area contributed by atoms with Crippen LogP contribution in [0.4, 0.5) is 11.5 Å². The van der Waals surface area contributed by atoms with Crippen molar-refractivity contribution in [3.8, 4) is 0 Å². The van der Waals surface area contributed by atoms with Gasteiger partial charge < -0.3 is 15.1 Å². The van der Waals surface area contributed by atoms with Gasteiger partial charge in [-0.2, -0.15) is 0 Å². The summed E-state index contributed by atoms with van der Waals surface area (Å²) < 4.78 is 0. The van der Waals surface area contributed by atoms with Crippen LogP contribution in [0.25, 0.3) is 0 Å². The first-order valence-electron chi connectivity index (χ1n) is 10.2. The van der Waals surface area contributed by atoms with Gasteiger partial charge in [-0.25, -0.2) is 4.98 Å². The third kappa shape index (κ3) is 4.09. The number of aromatic nitrogens is 2. The molecule has 1 N–H and O–H groups in total. The lowest BCUT2D eigenvalue weighted by atomic mass is 10.0. The number of aryl methyl sites for hydroxylation is 3. The van der Waals surface area contributed by atoms with E-state index in [0.29, 0.717) is 13.0 Å². The number of likely N-dealkylation sites (tertiary alicyclic amines) is 1. The quantitative estimate of drug-likeness (QED) is 0.864. The maximum atomic E-state index is 12.4. The second-order valence-corrected chi connectivity index (χ2v) is 8.01. The lowest BCUT2D eigenvalue weighted by molar-refractivity contribution is -0.131. The SMILES string of the molecule is Cc1cnc2c(c1)CCN(c1cc(C)c(NC(=O)CN3CCCC3=O)c(C)n1)C2. The topological polar surface area (TPSA) is 78.4 Å².